The fourth-order valence-corrected chi connectivity index (χ4v) is 4.19. The van der Waals surface area contributed by atoms with Crippen molar-refractivity contribution in [3.63, 3.8) is 0 Å². The van der Waals surface area contributed by atoms with E-state index in [1.165, 1.54) is 0 Å². The summed E-state index contributed by atoms with van der Waals surface area (Å²) >= 11 is 0. The standard InChI is InChI=1S/C23H24N6O3/c1-28-19-7-3-2-6-18(19)25-23(28)17-5-4-12-29(13-17)21(30)15-31-14-20-26-22(27-32-20)16-8-10-24-11-9-16/h2-3,6-11,17H,4-5,12-15H2,1H3. The molecule has 5 rings (SSSR count). The van der Waals surface area contributed by atoms with Crippen molar-refractivity contribution in [1.82, 2.24) is 29.6 Å². The number of ether oxygens (including phenoxy) is 1. The Labute approximate surface area is 185 Å². The lowest BCUT2D eigenvalue weighted by Gasteiger charge is -2.32. The second-order valence-corrected chi connectivity index (χ2v) is 7.94. The molecule has 0 saturated carbocycles. The number of aryl methyl sites for hydroxylation is 1. The molecule has 1 aromatic carbocycles. The maximum Gasteiger partial charge on any atom is 0.252 e. The van der Waals surface area contributed by atoms with Crippen molar-refractivity contribution in [2.45, 2.75) is 25.4 Å². The van der Waals surface area contributed by atoms with E-state index in [0.29, 0.717) is 18.3 Å². The first-order chi connectivity index (χ1) is 15.7. The average molecular weight is 432 g/mol. The Bertz CT molecular complexity index is 1220. The van der Waals surface area contributed by atoms with Gasteiger partial charge in [0.15, 0.2) is 0 Å². The molecule has 0 spiro atoms. The van der Waals surface area contributed by atoms with Crippen LogP contribution in [0.25, 0.3) is 22.4 Å². The van der Waals surface area contributed by atoms with Crippen molar-refractivity contribution in [2.75, 3.05) is 19.7 Å². The Balaban J connectivity index is 1.17. The van der Waals surface area contributed by atoms with Crippen molar-refractivity contribution in [3.05, 3.63) is 60.5 Å². The van der Waals surface area contributed by atoms with E-state index in [2.05, 4.69) is 25.8 Å². The van der Waals surface area contributed by atoms with Gasteiger partial charge in [-0.3, -0.25) is 9.78 Å². The topological polar surface area (TPSA) is 99.2 Å². The third-order valence-electron chi connectivity index (χ3n) is 5.82. The van der Waals surface area contributed by atoms with Crippen LogP contribution in [0, 0.1) is 0 Å². The number of carbonyl (C=O) groups is 1. The number of piperidine rings is 1. The lowest BCUT2D eigenvalue weighted by molar-refractivity contribution is -0.138. The van der Waals surface area contributed by atoms with Crippen LogP contribution in [0.3, 0.4) is 0 Å². The molecular formula is C23H24N6O3. The zero-order valence-electron chi connectivity index (χ0n) is 17.8. The van der Waals surface area contributed by atoms with E-state index in [9.17, 15) is 4.79 Å². The number of rotatable bonds is 6. The second-order valence-electron chi connectivity index (χ2n) is 7.94. The third kappa shape index (κ3) is 4.11. The first-order valence-electron chi connectivity index (χ1n) is 10.7. The number of likely N-dealkylation sites (tertiary alicyclic amines) is 1. The summed E-state index contributed by atoms with van der Waals surface area (Å²) in [5.41, 5.74) is 2.91. The van der Waals surface area contributed by atoms with Gasteiger partial charge in [0.05, 0.1) is 11.0 Å². The van der Waals surface area contributed by atoms with Crippen LogP contribution in [-0.2, 0) is 23.2 Å². The largest absolute Gasteiger partial charge is 0.362 e. The molecule has 9 nitrogen and oxygen atoms in total. The summed E-state index contributed by atoms with van der Waals surface area (Å²) in [6.07, 6.45) is 5.29. The first-order valence-corrected chi connectivity index (χ1v) is 10.7. The Hall–Kier alpha value is -3.59. The Morgan fingerprint density at radius 2 is 2.03 bits per heavy atom. The first kappa shape index (κ1) is 20.3. The molecule has 4 heterocycles. The molecule has 4 aromatic rings. The van der Waals surface area contributed by atoms with Crippen LogP contribution < -0.4 is 0 Å². The minimum Gasteiger partial charge on any atom is -0.362 e. The minimum absolute atomic E-state index is 0.0256. The van der Waals surface area contributed by atoms with Crippen LogP contribution in [0.1, 0.15) is 30.5 Å². The van der Waals surface area contributed by atoms with Crippen molar-refractivity contribution in [3.8, 4) is 11.4 Å². The van der Waals surface area contributed by atoms with Crippen molar-refractivity contribution in [1.29, 1.82) is 0 Å². The van der Waals surface area contributed by atoms with E-state index in [0.717, 1.165) is 41.8 Å². The number of fused-ring (bicyclic) bond motifs is 1. The van der Waals surface area contributed by atoms with Crippen LogP contribution in [0.5, 0.6) is 0 Å². The zero-order valence-corrected chi connectivity index (χ0v) is 17.8. The molecule has 0 N–H and O–H groups in total. The van der Waals surface area contributed by atoms with E-state index in [-0.39, 0.29) is 25.0 Å². The summed E-state index contributed by atoms with van der Waals surface area (Å²) in [4.78, 5) is 27.7. The molecule has 9 heteroatoms. The van der Waals surface area contributed by atoms with Gasteiger partial charge in [-0.15, -0.1) is 0 Å². The van der Waals surface area contributed by atoms with Gasteiger partial charge in [0.25, 0.3) is 5.89 Å². The fourth-order valence-electron chi connectivity index (χ4n) is 4.19. The Kier molecular flexibility index (Phi) is 5.64. The third-order valence-corrected chi connectivity index (χ3v) is 5.82. The van der Waals surface area contributed by atoms with Gasteiger partial charge in [0.1, 0.15) is 19.0 Å². The predicted octanol–water partition coefficient (Wildman–Crippen LogP) is 2.94. The summed E-state index contributed by atoms with van der Waals surface area (Å²) in [6.45, 7) is 1.44. The molecule has 1 amide bonds. The van der Waals surface area contributed by atoms with Gasteiger partial charge in [0, 0.05) is 44.0 Å². The molecule has 164 valence electrons. The molecule has 1 aliphatic heterocycles. The normalized spacial score (nSPS) is 16.5. The number of hydrogen-bond acceptors (Lipinski definition) is 7. The van der Waals surface area contributed by atoms with Crippen LogP contribution in [-0.4, -0.2) is 55.2 Å². The summed E-state index contributed by atoms with van der Waals surface area (Å²) < 4.78 is 12.9. The number of benzene rings is 1. The van der Waals surface area contributed by atoms with Crippen molar-refractivity contribution < 1.29 is 14.1 Å². The van der Waals surface area contributed by atoms with Crippen LogP contribution in [0.15, 0.2) is 53.3 Å². The molecule has 32 heavy (non-hydrogen) atoms. The molecule has 0 radical (unpaired) electrons. The van der Waals surface area contributed by atoms with E-state index in [1.807, 2.05) is 30.1 Å². The number of amides is 1. The smallest absolute Gasteiger partial charge is 0.252 e. The van der Waals surface area contributed by atoms with E-state index in [4.69, 9.17) is 14.2 Å². The molecule has 0 aliphatic carbocycles. The lowest BCUT2D eigenvalue weighted by Crippen LogP contribution is -2.41. The summed E-state index contributed by atoms with van der Waals surface area (Å²) in [6, 6.07) is 11.7. The molecule has 1 fully saturated rings. The van der Waals surface area contributed by atoms with Gasteiger partial charge in [-0.25, -0.2) is 4.98 Å². The monoisotopic (exact) mass is 432 g/mol. The molecule has 1 aliphatic rings. The number of carbonyl (C=O) groups excluding carboxylic acids is 1. The highest BCUT2D eigenvalue weighted by Crippen LogP contribution is 2.28. The number of imidazole rings is 1. The number of aromatic nitrogens is 5. The van der Waals surface area contributed by atoms with Gasteiger partial charge in [-0.05, 0) is 37.1 Å². The molecule has 3 aromatic heterocycles. The molecular weight excluding hydrogens is 408 g/mol. The predicted molar refractivity (Wildman–Crippen MR) is 116 cm³/mol. The van der Waals surface area contributed by atoms with Gasteiger partial charge in [-0.1, -0.05) is 17.3 Å². The van der Waals surface area contributed by atoms with Gasteiger partial charge in [-0.2, -0.15) is 4.98 Å². The quantitative estimate of drug-likeness (QED) is 0.462. The molecule has 1 atom stereocenters. The average Bonchev–Trinajstić information content (AvgIpc) is 3.45. The highest BCUT2D eigenvalue weighted by molar-refractivity contribution is 5.78. The Morgan fingerprint density at radius 1 is 1.19 bits per heavy atom. The van der Waals surface area contributed by atoms with Gasteiger partial charge in [0.2, 0.25) is 11.7 Å². The van der Waals surface area contributed by atoms with Crippen molar-refractivity contribution >= 4 is 16.9 Å². The summed E-state index contributed by atoms with van der Waals surface area (Å²) in [5.74, 6) is 2.00. The lowest BCUT2D eigenvalue weighted by atomic mass is 9.97. The summed E-state index contributed by atoms with van der Waals surface area (Å²) in [7, 11) is 2.04. The number of para-hydroxylation sites is 2. The number of hydrogen-bond donors (Lipinski definition) is 0. The highest BCUT2D eigenvalue weighted by Gasteiger charge is 2.28. The van der Waals surface area contributed by atoms with Crippen LogP contribution >= 0.6 is 0 Å². The number of pyridine rings is 1. The fraction of sp³-hybridized carbons (Fsp3) is 0.348. The van der Waals surface area contributed by atoms with Gasteiger partial charge >= 0.3 is 0 Å². The van der Waals surface area contributed by atoms with E-state index in [1.54, 1.807) is 24.5 Å². The second kappa shape index (κ2) is 8.88. The molecule has 1 saturated heterocycles. The molecule has 0 bridgehead atoms. The van der Waals surface area contributed by atoms with Gasteiger partial charge < -0.3 is 18.7 Å². The van der Waals surface area contributed by atoms with Crippen LogP contribution in [0.4, 0.5) is 0 Å². The van der Waals surface area contributed by atoms with E-state index < -0.39 is 0 Å². The summed E-state index contributed by atoms with van der Waals surface area (Å²) in [5, 5.41) is 3.95. The van der Waals surface area contributed by atoms with E-state index >= 15 is 0 Å². The maximum absolute atomic E-state index is 12.7. The number of nitrogens with zero attached hydrogens (tertiary/aromatic N) is 6. The van der Waals surface area contributed by atoms with Crippen molar-refractivity contribution in [2.24, 2.45) is 7.05 Å². The zero-order chi connectivity index (χ0) is 21.9. The molecule has 1 unspecified atom stereocenters. The highest BCUT2D eigenvalue weighted by atomic mass is 16.5. The minimum atomic E-state index is -0.0395. The van der Waals surface area contributed by atoms with Crippen LogP contribution in [0.2, 0.25) is 0 Å². The SMILES string of the molecule is Cn1c(C2CCCN(C(=O)COCc3nc(-c4ccncc4)no3)C2)nc2ccccc21. The maximum atomic E-state index is 12.7. The Morgan fingerprint density at radius 3 is 2.88 bits per heavy atom.